The zero-order valence-corrected chi connectivity index (χ0v) is 12.1. The molecule has 1 aromatic carbocycles. The number of benzene rings is 1. The lowest BCUT2D eigenvalue weighted by Crippen LogP contribution is -2.42. The van der Waals surface area contributed by atoms with Crippen molar-refractivity contribution in [1.29, 1.82) is 0 Å². The minimum Gasteiger partial charge on any atom is -0.393 e. The Hall–Kier alpha value is -0.900. The summed E-state index contributed by atoms with van der Waals surface area (Å²) in [6.45, 7) is 0. The first kappa shape index (κ1) is 13.1. The number of aliphatic hydroxyl groups is 1. The van der Waals surface area contributed by atoms with Crippen LogP contribution in [0.4, 0.5) is 0 Å². The van der Waals surface area contributed by atoms with Gasteiger partial charge in [-0.3, -0.25) is 0 Å². The fraction of sp³-hybridized carbons (Fsp3) is 0.500. The van der Waals surface area contributed by atoms with Crippen molar-refractivity contribution in [3.8, 4) is 0 Å². The molecule has 1 saturated carbocycles. The number of ether oxygens (including phenoxy) is 1. The Morgan fingerprint density at radius 2 is 2.16 bits per heavy atom. The van der Waals surface area contributed by atoms with Crippen molar-refractivity contribution in [1.82, 2.24) is 0 Å². The van der Waals surface area contributed by atoms with Crippen LogP contribution in [0.15, 0.2) is 29.6 Å². The van der Waals surface area contributed by atoms with Crippen LogP contribution in [0.2, 0.25) is 0 Å². The summed E-state index contributed by atoms with van der Waals surface area (Å²) in [4.78, 5) is 0. The summed E-state index contributed by atoms with van der Waals surface area (Å²) in [7, 11) is 1.77. The summed E-state index contributed by atoms with van der Waals surface area (Å²) in [6.07, 6.45) is 4.58. The molecule has 1 heterocycles. The van der Waals surface area contributed by atoms with Gasteiger partial charge in [0.25, 0.3) is 0 Å². The van der Waals surface area contributed by atoms with Crippen molar-refractivity contribution < 1.29 is 9.84 Å². The molecule has 0 saturated heterocycles. The SMILES string of the molecule is COC1(CC(O)Cc2csc3ccccc23)CCC1. The van der Waals surface area contributed by atoms with Crippen molar-refractivity contribution >= 4 is 21.4 Å². The fourth-order valence-corrected chi connectivity index (χ4v) is 3.98. The normalized spacial score (nSPS) is 19.3. The third-order valence-corrected chi connectivity index (χ3v) is 5.33. The Bertz CT molecular complexity index is 551. The summed E-state index contributed by atoms with van der Waals surface area (Å²) in [5.41, 5.74) is 1.21. The standard InChI is InChI=1S/C16H20O2S/c1-18-16(7-4-8-16)10-13(17)9-12-11-19-15-6-3-2-5-14(12)15/h2-3,5-6,11,13,17H,4,7-10H2,1H3. The van der Waals surface area contributed by atoms with Gasteiger partial charge in [0, 0.05) is 18.2 Å². The van der Waals surface area contributed by atoms with Crippen molar-refractivity contribution in [2.75, 3.05) is 7.11 Å². The molecule has 102 valence electrons. The number of hydrogen-bond donors (Lipinski definition) is 1. The fourth-order valence-electron chi connectivity index (χ4n) is 3.01. The van der Waals surface area contributed by atoms with Gasteiger partial charge in [-0.25, -0.2) is 0 Å². The van der Waals surface area contributed by atoms with E-state index in [0.29, 0.717) is 0 Å². The van der Waals surface area contributed by atoms with Gasteiger partial charge in [-0.15, -0.1) is 11.3 Å². The number of methoxy groups -OCH3 is 1. The van der Waals surface area contributed by atoms with Crippen LogP contribution in [0.5, 0.6) is 0 Å². The minimum atomic E-state index is -0.307. The molecule has 0 aliphatic heterocycles. The number of rotatable bonds is 5. The Morgan fingerprint density at radius 3 is 2.84 bits per heavy atom. The second kappa shape index (κ2) is 5.23. The van der Waals surface area contributed by atoms with E-state index in [1.165, 1.54) is 22.1 Å². The molecular weight excluding hydrogens is 256 g/mol. The monoisotopic (exact) mass is 276 g/mol. The Labute approximate surface area is 118 Å². The second-order valence-electron chi connectivity index (χ2n) is 5.56. The van der Waals surface area contributed by atoms with E-state index in [-0.39, 0.29) is 11.7 Å². The average Bonchev–Trinajstić information content (AvgIpc) is 2.78. The highest BCUT2D eigenvalue weighted by atomic mass is 32.1. The zero-order valence-electron chi connectivity index (χ0n) is 11.3. The van der Waals surface area contributed by atoms with Crippen LogP contribution in [0.25, 0.3) is 10.1 Å². The molecule has 1 N–H and O–H groups in total. The first-order valence-electron chi connectivity index (χ1n) is 6.91. The van der Waals surface area contributed by atoms with E-state index >= 15 is 0 Å². The van der Waals surface area contributed by atoms with Gasteiger partial charge in [0.2, 0.25) is 0 Å². The van der Waals surface area contributed by atoms with Crippen molar-refractivity contribution in [3.63, 3.8) is 0 Å². The van der Waals surface area contributed by atoms with Gasteiger partial charge in [-0.05, 0) is 48.1 Å². The van der Waals surface area contributed by atoms with Crippen molar-refractivity contribution in [2.45, 2.75) is 43.8 Å². The highest BCUT2D eigenvalue weighted by molar-refractivity contribution is 7.17. The molecule has 2 nitrogen and oxygen atoms in total. The molecule has 1 aliphatic carbocycles. The molecule has 1 unspecified atom stereocenters. The predicted molar refractivity (Wildman–Crippen MR) is 79.7 cm³/mol. The van der Waals surface area contributed by atoms with Crippen LogP contribution in [-0.2, 0) is 11.2 Å². The van der Waals surface area contributed by atoms with E-state index in [2.05, 4.69) is 29.6 Å². The average molecular weight is 276 g/mol. The molecule has 0 amide bonds. The Morgan fingerprint density at radius 1 is 1.37 bits per heavy atom. The first-order chi connectivity index (χ1) is 9.22. The third kappa shape index (κ3) is 2.55. The lowest BCUT2D eigenvalue weighted by atomic mass is 9.75. The third-order valence-electron chi connectivity index (χ3n) is 4.32. The van der Waals surface area contributed by atoms with E-state index < -0.39 is 0 Å². The van der Waals surface area contributed by atoms with E-state index in [4.69, 9.17) is 4.74 Å². The highest BCUT2D eigenvalue weighted by Crippen LogP contribution is 2.39. The molecule has 19 heavy (non-hydrogen) atoms. The van der Waals surface area contributed by atoms with Crippen molar-refractivity contribution in [3.05, 3.63) is 35.2 Å². The predicted octanol–water partition coefficient (Wildman–Crippen LogP) is 3.76. The van der Waals surface area contributed by atoms with Gasteiger partial charge in [-0.1, -0.05) is 18.2 Å². The van der Waals surface area contributed by atoms with Gasteiger partial charge in [-0.2, -0.15) is 0 Å². The summed E-state index contributed by atoms with van der Waals surface area (Å²) >= 11 is 1.76. The van der Waals surface area contributed by atoms with Crippen LogP contribution < -0.4 is 0 Å². The maximum Gasteiger partial charge on any atom is 0.0703 e. The number of hydrogen-bond acceptors (Lipinski definition) is 3. The largest absolute Gasteiger partial charge is 0.393 e. The lowest BCUT2D eigenvalue weighted by Gasteiger charge is -2.41. The summed E-state index contributed by atoms with van der Waals surface area (Å²) < 4.78 is 6.89. The van der Waals surface area contributed by atoms with Crippen LogP contribution in [0, 0.1) is 0 Å². The number of thiophene rings is 1. The van der Waals surface area contributed by atoms with Gasteiger partial charge in [0.15, 0.2) is 0 Å². The maximum absolute atomic E-state index is 10.3. The second-order valence-corrected chi connectivity index (χ2v) is 6.47. The molecule has 3 heteroatoms. The lowest BCUT2D eigenvalue weighted by molar-refractivity contribution is -0.0988. The molecule has 0 bridgehead atoms. The minimum absolute atomic E-state index is 0.0504. The Balaban J connectivity index is 1.70. The molecular formula is C16H20O2S. The summed E-state index contributed by atoms with van der Waals surface area (Å²) in [5, 5.41) is 13.8. The van der Waals surface area contributed by atoms with Gasteiger partial charge in [0.05, 0.1) is 11.7 Å². The van der Waals surface area contributed by atoms with Crippen LogP contribution in [-0.4, -0.2) is 23.9 Å². The molecule has 1 aromatic heterocycles. The molecule has 1 aliphatic rings. The highest BCUT2D eigenvalue weighted by Gasteiger charge is 2.38. The topological polar surface area (TPSA) is 29.5 Å². The van der Waals surface area contributed by atoms with Crippen LogP contribution >= 0.6 is 11.3 Å². The van der Waals surface area contributed by atoms with E-state index in [1.807, 2.05) is 0 Å². The van der Waals surface area contributed by atoms with E-state index in [9.17, 15) is 5.11 Å². The zero-order chi connectivity index (χ0) is 13.3. The molecule has 1 fully saturated rings. The molecule has 2 aromatic rings. The number of fused-ring (bicyclic) bond motifs is 1. The molecule has 3 rings (SSSR count). The van der Waals surface area contributed by atoms with Gasteiger partial charge in [0.1, 0.15) is 0 Å². The van der Waals surface area contributed by atoms with E-state index in [1.54, 1.807) is 18.4 Å². The molecule has 0 spiro atoms. The smallest absolute Gasteiger partial charge is 0.0703 e. The molecule has 1 atom stereocenters. The van der Waals surface area contributed by atoms with Crippen LogP contribution in [0.3, 0.4) is 0 Å². The Kier molecular flexibility index (Phi) is 3.61. The van der Waals surface area contributed by atoms with Gasteiger partial charge >= 0.3 is 0 Å². The van der Waals surface area contributed by atoms with E-state index in [0.717, 1.165) is 25.7 Å². The quantitative estimate of drug-likeness (QED) is 0.901. The van der Waals surface area contributed by atoms with Crippen molar-refractivity contribution in [2.24, 2.45) is 0 Å². The first-order valence-corrected chi connectivity index (χ1v) is 7.79. The van der Waals surface area contributed by atoms with Crippen LogP contribution in [0.1, 0.15) is 31.2 Å². The van der Waals surface area contributed by atoms with Gasteiger partial charge < -0.3 is 9.84 Å². The number of aliphatic hydroxyl groups excluding tert-OH is 1. The maximum atomic E-state index is 10.3. The summed E-state index contributed by atoms with van der Waals surface area (Å²) in [6, 6.07) is 8.41. The summed E-state index contributed by atoms with van der Waals surface area (Å²) in [5.74, 6) is 0. The molecule has 0 radical (unpaired) electrons.